The van der Waals surface area contributed by atoms with Gasteiger partial charge in [-0.25, -0.2) is 0 Å². The maximum Gasteiger partial charge on any atom is 0.169 e. The Bertz CT molecular complexity index is 646. The Morgan fingerprint density at radius 2 is 2.11 bits per heavy atom. The molecule has 1 heterocycles. The molecular weight excluding hydrogens is 222 g/mol. The van der Waals surface area contributed by atoms with Crippen LogP contribution in [0.3, 0.4) is 0 Å². The van der Waals surface area contributed by atoms with Gasteiger partial charge in [0.15, 0.2) is 5.69 Å². The summed E-state index contributed by atoms with van der Waals surface area (Å²) in [5, 5.41) is 16.0. The second-order valence-corrected chi connectivity index (χ2v) is 4.87. The highest BCUT2D eigenvalue weighted by atomic mass is 15.1. The lowest BCUT2D eigenvalue weighted by Crippen LogP contribution is -2.25. The number of benzene rings is 1. The molecule has 1 N–H and O–H groups in total. The highest BCUT2D eigenvalue weighted by Gasteiger charge is 2.30. The van der Waals surface area contributed by atoms with Crippen molar-refractivity contribution in [1.29, 1.82) is 5.26 Å². The molecule has 3 rings (SSSR count). The molecule has 1 aliphatic carbocycles. The van der Waals surface area contributed by atoms with Crippen molar-refractivity contribution in [2.24, 2.45) is 0 Å². The number of aromatic nitrogens is 2. The van der Waals surface area contributed by atoms with Gasteiger partial charge in [-0.1, -0.05) is 49.4 Å². The summed E-state index contributed by atoms with van der Waals surface area (Å²) in [7, 11) is 0. The van der Waals surface area contributed by atoms with Gasteiger partial charge in [-0.2, -0.15) is 10.4 Å². The first-order chi connectivity index (χ1) is 8.73. The van der Waals surface area contributed by atoms with Gasteiger partial charge < -0.3 is 0 Å². The van der Waals surface area contributed by atoms with E-state index in [2.05, 4.69) is 53.5 Å². The Balaban J connectivity index is 2.04. The third kappa shape index (κ3) is 1.54. The molecule has 0 saturated heterocycles. The number of allylic oxidation sites excluding steroid dienone is 1. The molecule has 0 radical (unpaired) electrons. The number of fused-ring (bicyclic) bond motifs is 1. The number of H-pyrrole nitrogens is 1. The van der Waals surface area contributed by atoms with Crippen LogP contribution in [0.4, 0.5) is 0 Å². The number of nitrogens with one attached hydrogen (secondary N) is 1. The fraction of sp³-hybridized carbons (Fsp3) is 0.200. The van der Waals surface area contributed by atoms with Gasteiger partial charge in [-0.15, -0.1) is 0 Å². The lowest BCUT2D eigenvalue weighted by molar-refractivity contribution is 0.577. The third-order valence-corrected chi connectivity index (χ3v) is 3.58. The minimum absolute atomic E-state index is 0.0342. The van der Waals surface area contributed by atoms with E-state index in [0.717, 1.165) is 17.7 Å². The van der Waals surface area contributed by atoms with E-state index in [1.165, 1.54) is 5.56 Å². The Morgan fingerprint density at radius 1 is 1.33 bits per heavy atom. The molecule has 1 unspecified atom stereocenters. The van der Waals surface area contributed by atoms with Gasteiger partial charge in [-0.05, 0) is 5.56 Å². The van der Waals surface area contributed by atoms with Crippen LogP contribution in [0.1, 0.15) is 29.4 Å². The molecule has 0 spiro atoms. The molecule has 1 aromatic heterocycles. The van der Waals surface area contributed by atoms with Gasteiger partial charge in [0, 0.05) is 23.1 Å². The maximum atomic E-state index is 8.96. The molecule has 0 saturated carbocycles. The molecule has 1 atom stereocenters. The number of hydrogen-bond acceptors (Lipinski definition) is 2. The van der Waals surface area contributed by atoms with E-state index >= 15 is 0 Å². The molecule has 0 fully saturated rings. The zero-order valence-electron chi connectivity index (χ0n) is 10.1. The van der Waals surface area contributed by atoms with Crippen LogP contribution < -0.4 is 0 Å². The molecule has 2 aromatic rings. The summed E-state index contributed by atoms with van der Waals surface area (Å²) in [6.07, 6.45) is 5.02. The summed E-state index contributed by atoms with van der Waals surface area (Å²) in [6, 6.07) is 12.5. The van der Waals surface area contributed by atoms with E-state index in [0.29, 0.717) is 5.69 Å². The number of rotatable bonds is 1. The van der Waals surface area contributed by atoms with Crippen LogP contribution in [-0.4, -0.2) is 10.2 Å². The molecule has 0 amide bonds. The molecule has 1 aliphatic rings. The average Bonchev–Trinajstić information content (AvgIpc) is 2.81. The number of nitriles is 1. The largest absolute Gasteiger partial charge is 0.281 e. The number of aromatic amines is 1. The molecule has 88 valence electrons. The second-order valence-electron chi connectivity index (χ2n) is 4.87. The van der Waals surface area contributed by atoms with E-state index < -0.39 is 0 Å². The molecule has 0 aliphatic heterocycles. The van der Waals surface area contributed by atoms with Crippen molar-refractivity contribution in [1.82, 2.24) is 10.2 Å². The van der Waals surface area contributed by atoms with E-state index in [9.17, 15) is 0 Å². The fourth-order valence-corrected chi connectivity index (χ4v) is 2.50. The van der Waals surface area contributed by atoms with E-state index in [1.54, 1.807) is 0 Å². The van der Waals surface area contributed by atoms with E-state index in [-0.39, 0.29) is 5.41 Å². The Kier molecular flexibility index (Phi) is 2.31. The smallest absolute Gasteiger partial charge is 0.169 e. The van der Waals surface area contributed by atoms with Crippen LogP contribution in [-0.2, 0) is 11.8 Å². The number of nitrogens with zero attached hydrogens (tertiary/aromatic N) is 2. The predicted octanol–water partition coefficient (Wildman–Crippen LogP) is 2.81. The normalized spacial score (nSPS) is 21.3. The first-order valence-corrected chi connectivity index (χ1v) is 5.95. The third-order valence-electron chi connectivity index (χ3n) is 3.58. The van der Waals surface area contributed by atoms with Crippen LogP contribution in [0, 0.1) is 11.3 Å². The monoisotopic (exact) mass is 235 g/mol. The minimum atomic E-state index is -0.0342. The summed E-state index contributed by atoms with van der Waals surface area (Å²) < 4.78 is 0. The van der Waals surface area contributed by atoms with Gasteiger partial charge in [0.1, 0.15) is 6.07 Å². The predicted molar refractivity (Wildman–Crippen MR) is 69.8 cm³/mol. The van der Waals surface area contributed by atoms with Crippen LogP contribution >= 0.6 is 0 Å². The van der Waals surface area contributed by atoms with Crippen LogP contribution in [0.25, 0.3) is 6.08 Å². The Morgan fingerprint density at radius 3 is 2.83 bits per heavy atom. The quantitative estimate of drug-likeness (QED) is 0.826. The Hall–Kier alpha value is -2.34. The number of hydrogen-bond donors (Lipinski definition) is 1. The van der Waals surface area contributed by atoms with Crippen molar-refractivity contribution in [3.8, 4) is 6.07 Å². The molecule has 3 nitrogen and oxygen atoms in total. The Labute approximate surface area is 106 Å². The molecule has 1 aromatic carbocycles. The summed E-state index contributed by atoms with van der Waals surface area (Å²) in [5.41, 5.74) is 3.70. The first-order valence-electron chi connectivity index (χ1n) is 5.95. The van der Waals surface area contributed by atoms with Gasteiger partial charge in [-0.3, -0.25) is 5.10 Å². The summed E-state index contributed by atoms with van der Waals surface area (Å²) in [5.74, 6) is 0. The van der Waals surface area contributed by atoms with Crippen molar-refractivity contribution in [2.45, 2.75) is 18.8 Å². The van der Waals surface area contributed by atoms with Crippen molar-refractivity contribution in [3.05, 3.63) is 58.9 Å². The fourth-order valence-electron chi connectivity index (χ4n) is 2.50. The highest BCUT2D eigenvalue weighted by molar-refractivity contribution is 5.63. The zero-order valence-corrected chi connectivity index (χ0v) is 10.1. The second kappa shape index (κ2) is 3.85. The molecule has 18 heavy (non-hydrogen) atoms. The van der Waals surface area contributed by atoms with Crippen LogP contribution in [0.5, 0.6) is 0 Å². The summed E-state index contributed by atoms with van der Waals surface area (Å²) in [6.45, 7) is 2.20. The van der Waals surface area contributed by atoms with Crippen LogP contribution in [0.15, 0.2) is 36.4 Å². The highest BCUT2D eigenvalue weighted by Crippen LogP contribution is 2.35. The summed E-state index contributed by atoms with van der Waals surface area (Å²) >= 11 is 0. The molecule has 0 bridgehead atoms. The summed E-state index contributed by atoms with van der Waals surface area (Å²) in [4.78, 5) is 0. The molecule has 3 heteroatoms. The lowest BCUT2D eigenvalue weighted by Gasteiger charge is -2.29. The average molecular weight is 235 g/mol. The van der Waals surface area contributed by atoms with Crippen LogP contribution in [0.2, 0.25) is 0 Å². The first kappa shape index (κ1) is 10.8. The zero-order chi connectivity index (χ0) is 12.6. The van der Waals surface area contributed by atoms with Gasteiger partial charge in [0.2, 0.25) is 0 Å². The van der Waals surface area contributed by atoms with Gasteiger partial charge >= 0.3 is 0 Å². The maximum absolute atomic E-state index is 8.96. The van der Waals surface area contributed by atoms with Crippen molar-refractivity contribution >= 4 is 6.08 Å². The van der Waals surface area contributed by atoms with Gasteiger partial charge in [0.25, 0.3) is 0 Å². The van der Waals surface area contributed by atoms with Gasteiger partial charge in [0.05, 0.1) is 0 Å². The SMILES string of the molecule is CC1(c2ccccc2)C=Cc2c(C#N)n[nH]c2C1. The van der Waals surface area contributed by atoms with Crippen molar-refractivity contribution in [2.75, 3.05) is 0 Å². The minimum Gasteiger partial charge on any atom is -0.281 e. The van der Waals surface area contributed by atoms with E-state index in [1.807, 2.05) is 12.1 Å². The molecular formula is C15H13N3. The van der Waals surface area contributed by atoms with Crippen molar-refractivity contribution in [3.63, 3.8) is 0 Å². The lowest BCUT2D eigenvalue weighted by atomic mass is 9.75. The van der Waals surface area contributed by atoms with E-state index in [4.69, 9.17) is 5.26 Å². The standard InChI is InChI=1S/C15H13N3/c1-15(11-5-3-2-4-6-11)8-7-12-13(9-15)17-18-14(12)10-16/h2-8H,9H2,1H3,(H,17,18). The van der Waals surface area contributed by atoms with Crippen molar-refractivity contribution < 1.29 is 0 Å². The topological polar surface area (TPSA) is 52.5 Å².